The minimum Gasteiger partial charge on any atom is -0.381 e. The van der Waals surface area contributed by atoms with Gasteiger partial charge in [-0.1, -0.05) is 0 Å². The molecule has 6 heteroatoms. The number of amides is 1. The van der Waals surface area contributed by atoms with Crippen molar-refractivity contribution in [2.24, 2.45) is 18.4 Å². The van der Waals surface area contributed by atoms with Crippen LogP contribution in [0, 0.1) is 11.3 Å². The first-order chi connectivity index (χ1) is 11.7. The molecule has 0 N–H and O–H groups in total. The highest BCUT2D eigenvalue weighted by atomic mass is 16.5. The van der Waals surface area contributed by atoms with Crippen molar-refractivity contribution in [1.82, 2.24) is 19.6 Å². The Morgan fingerprint density at radius 1 is 1.33 bits per heavy atom. The molecule has 24 heavy (non-hydrogen) atoms. The molecule has 6 nitrogen and oxygen atoms in total. The van der Waals surface area contributed by atoms with Crippen LogP contribution in [0.15, 0.2) is 12.4 Å². The Morgan fingerprint density at radius 3 is 2.75 bits per heavy atom. The van der Waals surface area contributed by atoms with Crippen LogP contribution in [0.2, 0.25) is 0 Å². The summed E-state index contributed by atoms with van der Waals surface area (Å²) < 4.78 is 7.46. The highest BCUT2D eigenvalue weighted by molar-refractivity contribution is 5.80. The SMILES string of the molecule is Cn1cc(CN2C[C@H](C(=O)N3CCCC3)C3(CCOCC3)C2)cn1. The van der Waals surface area contributed by atoms with Gasteiger partial charge in [-0.2, -0.15) is 5.10 Å². The summed E-state index contributed by atoms with van der Waals surface area (Å²) in [4.78, 5) is 17.7. The van der Waals surface area contributed by atoms with Gasteiger partial charge in [0, 0.05) is 70.2 Å². The van der Waals surface area contributed by atoms with E-state index in [1.807, 2.05) is 17.9 Å². The molecule has 3 aliphatic rings. The van der Waals surface area contributed by atoms with Crippen LogP contribution >= 0.6 is 0 Å². The van der Waals surface area contributed by atoms with Crippen molar-refractivity contribution in [3.8, 4) is 0 Å². The minimum atomic E-state index is 0.111. The van der Waals surface area contributed by atoms with E-state index in [0.717, 1.165) is 71.6 Å². The predicted octanol–water partition coefficient (Wildman–Crippen LogP) is 1.27. The highest BCUT2D eigenvalue weighted by Gasteiger charge is 2.51. The lowest BCUT2D eigenvalue weighted by Crippen LogP contribution is -2.45. The quantitative estimate of drug-likeness (QED) is 0.836. The lowest BCUT2D eigenvalue weighted by molar-refractivity contribution is -0.139. The van der Waals surface area contributed by atoms with Crippen molar-refractivity contribution in [2.75, 3.05) is 39.4 Å². The van der Waals surface area contributed by atoms with Crippen molar-refractivity contribution in [3.05, 3.63) is 18.0 Å². The van der Waals surface area contributed by atoms with E-state index in [1.165, 1.54) is 5.56 Å². The van der Waals surface area contributed by atoms with E-state index in [2.05, 4.69) is 21.1 Å². The van der Waals surface area contributed by atoms with Gasteiger partial charge in [0.15, 0.2) is 0 Å². The largest absolute Gasteiger partial charge is 0.381 e. The third-order valence-corrected chi connectivity index (χ3v) is 6.09. The Hall–Kier alpha value is -1.40. The smallest absolute Gasteiger partial charge is 0.227 e. The molecule has 1 amide bonds. The zero-order chi connectivity index (χ0) is 16.6. The van der Waals surface area contributed by atoms with E-state index in [-0.39, 0.29) is 11.3 Å². The van der Waals surface area contributed by atoms with E-state index >= 15 is 0 Å². The highest BCUT2D eigenvalue weighted by Crippen LogP contribution is 2.45. The lowest BCUT2D eigenvalue weighted by atomic mass is 9.71. The van der Waals surface area contributed by atoms with Gasteiger partial charge in [0.1, 0.15) is 0 Å². The number of ether oxygens (including phenoxy) is 1. The predicted molar refractivity (Wildman–Crippen MR) is 90.3 cm³/mol. The van der Waals surface area contributed by atoms with Crippen LogP contribution in [-0.4, -0.2) is 64.9 Å². The number of hydrogen-bond donors (Lipinski definition) is 0. The van der Waals surface area contributed by atoms with Crippen LogP contribution in [0.25, 0.3) is 0 Å². The van der Waals surface area contributed by atoms with Gasteiger partial charge in [0.25, 0.3) is 0 Å². The van der Waals surface area contributed by atoms with E-state index in [1.54, 1.807) is 0 Å². The topological polar surface area (TPSA) is 50.6 Å². The van der Waals surface area contributed by atoms with E-state index in [9.17, 15) is 4.79 Å². The molecular weight excluding hydrogens is 304 g/mol. The molecule has 0 aliphatic carbocycles. The van der Waals surface area contributed by atoms with Gasteiger partial charge in [-0.15, -0.1) is 0 Å². The average molecular weight is 332 g/mol. The molecule has 1 atom stereocenters. The minimum absolute atomic E-state index is 0.111. The van der Waals surface area contributed by atoms with E-state index < -0.39 is 0 Å². The molecule has 4 rings (SSSR count). The second-order valence-corrected chi connectivity index (χ2v) is 7.75. The molecule has 1 aromatic heterocycles. The summed E-state index contributed by atoms with van der Waals surface area (Å²) >= 11 is 0. The monoisotopic (exact) mass is 332 g/mol. The molecule has 0 aromatic carbocycles. The molecule has 4 heterocycles. The third-order valence-electron chi connectivity index (χ3n) is 6.09. The summed E-state index contributed by atoms with van der Waals surface area (Å²) in [5, 5.41) is 4.27. The summed E-state index contributed by atoms with van der Waals surface area (Å²) in [5.41, 5.74) is 1.34. The fourth-order valence-corrected chi connectivity index (χ4v) is 4.79. The normalized spacial score (nSPS) is 27.2. The molecule has 1 aromatic rings. The molecule has 3 saturated heterocycles. The van der Waals surface area contributed by atoms with Crippen LogP contribution in [0.1, 0.15) is 31.2 Å². The number of likely N-dealkylation sites (tertiary alicyclic amines) is 2. The zero-order valence-corrected chi connectivity index (χ0v) is 14.6. The number of carbonyl (C=O) groups excluding carboxylic acids is 1. The van der Waals surface area contributed by atoms with Crippen LogP contribution < -0.4 is 0 Å². The van der Waals surface area contributed by atoms with Crippen LogP contribution in [0.4, 0.5) is 0 Å². The Morgan fingerprint density at radius 2 is 2.08 bits per heavy atom. The molecular formula is C18H28N4O2. The van der Waals surface area contributed by atoms with Crippen LogP contribution in [0.5, 0.6) is 0 Å². The first-order valence-electron chi connectivity index (χ1n) is 9.23. The maximum absolute atomic E-state index is 13.2. The number of aryl methyl sites for hydroxylation is 1. The Labute approximate surface area is 143 Å². The average Bonchev–Trinajstić information content (AvgIpc) is 3.30. The maximum Gasteiger partial charge on any atom is 0.227 e. The summed E-state index contributed by atoms with van der Waals surface area (Å²) in [7, 11) is 1.95. The Kier molecular flexibility index (Phi) is 4.35. The van der Waals surface area contributed by atoms with Gasteiger partial charge in [0.2, 0.25) is 5.91 Å². The Bertz CT molecular complexity index is 588. The zero-order valence-electron chi connectivity index (χ0n) is 14.6. The fraction of sp³-hybridized carbons (Fsp3) is 0.778. The lowest BCUT2D eigenvalue weighted by Gasteiger charge is -2.38. The summed E-state index contributed by atoms with van der Waals surface area (Å²) in [5.74, 6) is 0.527. The summed E-state index contributed by atoms with van der Waals surface area (Å²) in [6, 6.07) is 0. The molecule has 0 saturated carbocycles. The number of aromatic nitrogens is 2. The van der Waals surface area contributed by atoms with Crippen molar-refractivity contribution in [2.45, 2.75) is 32.2 Å². The van der Waals surface area contributed by atoms with Gasteiger partial charge >= 0.3 is 0 Å². The standard InChI is InChI=1S/C18H28N4O2/c1-20-11-15(10-19-20)12-21-13-16(17(23)22-6-2-3-7-22)18(14-21)4-8-24-9-5-18/h10-11,16H,2-9,12-14H2,1H3/t16-/m1/s1. The molecule has 0 unspecified atom stereocenters. The third kappa shape index (κ3) is 2.97. The molecule has 0 radical (unpaired) electrons. The maximum atomic E-state index is 13.2. The second-order valence-electron chi connectivity index (χ2n) is 7.75. The number of hydrogen-bond acceptors (Lipinski definition) is 4. The second kappa shape index (κ2) is 6.48. The fourth-order valence-electron chi connectivity index (χ4n) is 4.79. The van der Waals surface area contributed by atoms with Gasteiger partial charge in [-0.05, 0) is 25.7 Å². The first-order valence-corrected chi connectivity index (χ1v) is 9.23. The van der Waals surface area contributed by atoms with Gasteiger partial charge in [-0.3, -0.25) is 14.4 Å². The van der Waals surface area contributed by atoms with Crippen molar-refractivity contribution < 1.29 is 9.53 Å². The first kappa shape index (κ1) is 16.1. The van der Waals surface area contributed by atoms with E-state index in [0.29, 0.717) is 5.91 Å². The molecule has 132 valence electrons. The molecule has 3 aliphatic heterocycles. The van der Waals surface area contributed by atoms with Crippen molar-refractivity contribution >= 4 is 5.91 Å². The van der Waals surface area contributed by atoms with Crippen LogP contribution in [-0.2, 0) is 23.1 Å². The summed E-state index contributed by atoms with van der Waals surface area (Å²) in [6.45, 7) is 6.27. The van der Waals surface area contributed by atoms with Crippen molar-refractivity contribution in [3.63, 3.8) is 0 Å². The number of nitrogens with zero attached hydrogens (tertiary/aromatic N) is 4. The van der Waals surface area contributed by atoms with Crippen LogP contribution in [0.3, 0.4) is 0 Å². The summed E-state index contributed by atoms with van der Waals surface area (Å²) in [6.07, 6.45) is 8.36. The van der Waals surface area contributed by atoms with Crippen molar-refractivity contribution in [1.29, 1.82) is 0 Å². The van der Waals surface area contributed by atoms with E-state index in [4.69, 9.17) is 4.74 Å². The molecule has 1 spiro atoms. The number of rotatable bonds is 3. The Balaban J connectivity index is 1.52. The van der Waals surface area contributed by atoms with Gasteiger partial charge in [0.05, 0.1) is 12.1 Å². The molecule has 3 fully saturated rings. The number of carbonyl (C=O) groups is 1. The van der Waals surface area contributed by atoms with Gasteiger partial charge < -0.3 is 9.64 Å². The van der Waals surface area contributed by atoms with Gasteiger partial charge in [-0.25, -0.2) is 0 Å². The molecule has 0 bridgehead atoms.